The standard InChI is InChI=1S/C16H17BrN2O/c1-3-19(13-6-4-5-11(2)9-13)16(20)14-10-12(18)7-8-15(14)17/h4-10H,3,18H2,1-2H3. The maximum Gasteiger partial charge on any atom is 0.259 e. The first kappa shape index (κ1) is 14.6. The van der Waals surface area contributed by atoms with Crippen LogP contribution in [0.15, 0.2) is 46.9 Å². The van der Waals surface area contributed by atoms with Gasteiger partial charge >= 0.3 is 0 Å². The van der Waals surface area contributed by atoms with E-state index in [2.05, 4.69) is 15.9 Å². The molecule has 1 amide bonds. The molecule has 0 aliphatic carbocycles. The van der Waals surface area contributed by atoms with Gasteiger partial charge in [0.15, 0.2) is 0 Å². The average Bonchev–Trinajstić information content (AvgIpc) is 2.42. The molecular formula is C16H17BrN2O. The molecule has 0 fully saturated rings. The van der Waals surface area contributed by atoms with E-state index in [4.69, 9.17) is 5.73 Å². The summed E-state index contributed by atoms with van der Waals surface area (Å²) in [5.41, 5.74) is 8.96. The molecule has 0 saturated carbocycles. The van der Waals surface area contributed by atoms with Crippen molar-refractivity contribution in [2.45, 2.75) is 13.8 Å². The van der Waals surface area contributed by atoms with Crippen molar-refractivity contribution in [2.75, 3.05) is 17.2 Å². The number of halogens is 1. The topological polar surface area (TPSA) is 46.3 Å². The predicted octanol–water partition coefficient (Wildman–Crippen LogP) is 4.01. The maximum absolute atomic E-state index is 12.7. The molecule has 0 heterocycles. The molecule has 104 valence electrons. The van der Waals surface area contributed by atoms with Gasteiger partial charge in [-0.3, -0.25) is 4.79 Å². The number of nitrogens with two attached hydrogens (primary N) is 1. The normalized spacial score (nSPS) is 10.3. The number of amides is 1. The summed E-state index contributed by atoms with van der Waals surface area (Å²) in [7, 11) is 0. The second-order valence-corrected chi connectivity index (χ2v) is 5.48. The quantitative estimate of drug-likeness (QED) is 0.863. The molecule has 4 heteroatoms. The van der Waals surface area contributed by atoms with E-state index in [0.717, 1.165) is 15.7 Å². The van der Waals surface area contributed by atoms with E-state index in [0.29, 0.717) is 17.8 Å². The Labute approximate surface area is 127 Å². The Bertz CT molecular complexity index is 640. The van der Waals surface area contributed by atoms with E-state index >= 15 is 0 Å². The number of aryl methyl sites for hydroxylation is 1. The third-order valence-corrected chi connectivity index (χ3v) is 3.79. The highest BCUT2D eigenvalue weighted by Gasteiger charge is 2.18. The van der Waals surface area contributed by atoms with Crippen LogP contribution in [0.4, 0.5) is 11.4 Å². The molecule has 0 saturated heterocycles. The van der Waals surface area contributed by atoms with Crippen LogP contribution < -0.4 is 10.6 Å². The van der Waals surface area contributed by atoms with Gasteiger partial charge in [-0.05, 0) is 65.7 Å². The zero-order chi connectivity index (χ0) is 14.7. The Morgan fingerprint density at radius 1 is 1.25 bits per heavy atom. The minimum atomic E-state index is -0.0581. The van der Waals surface area contributed by atoms with Crippen LogP contribution in [0.5, 0.6) is 0 Å². The van der Waals surface area contributed by atoms with Crippen LogP contribution in [-0.4, -0.2) is 12.5 Å². The Hall–Kier alpha value is -1.81. The molecule has 0 radical (unpaired) electrons. The lowest BCUT2D eigenvalue weighted by Crippen LogP contribution is -2.31. The first-order chi connectivity index (χ1) is 9.52. The second-order valence-electron chi connectivity index (χ2n) is 4.63. The molecule has 2 rings (SSSR count). The highest BCUT2D eigenvalue weighted by atomic mass is 79.9. The molecule has 20 heavy (non-hydrogen) atoms. The van der Waals surface area contributed by atoms with E-state index in [1.165, 1.54) is 0 Å². The van der Waals surface area contributed by atoms with Crippen molar-refractivity contribution in [3.63, 3.8) is 0 Å². The van der Waals surface area contributed by atoms with E-state index in [1.807, 2.05) is 38.1 Å². The van der Waals surface area contributed by atoms with Gasteiger partial charge in [0.1, 0.15) is 0 Å². The molecule has 0 aliphatic heterocycles. The second kappa shape index (κ2) is 6.09. The first-order valence-electron chi connectivity index (χ1n) is 6.46. The summed E-state index contributed by atoms with van der Waals surface area (Å²) in [6.45, 7) is 4.57. The van der Waals surface area contributed by atoms with Crippen molar-refractivity contribution in [3.8, 4) is 0 Å². The van der Waals surface area contributed by atoms with Crippen LogP contribution in [0, 0.1) is 6.92 Å². The largest absolute Gasteiger partial charge is 0.399 e. The Kier molecular flexibility index (Phi) is 4.45. The number of nitrogens with zero attached hydrogens (tertiary/aromatic N) is 1. The van der Waals surface area contributed by atoms with Crippen molar-refractivity contribution in [3.05, 3.63) is 58.1 Å². The molecule has 3 nitrogen and oxygen atoms in total. The summed E-state index contributed by atoms with van der Waals surface area (Å²) in [4.78, 5) is 14.4. The lowest BCUT2D eigenvalue weighted by molar-refractivity contribution is 0.0987. The maximum atomic E-state index is 12.7. The van der Waals surface area contributed by atoms with Gasteiger partial charge in [0.05, 0.1) is 5.56 Å². The third kappa shape index (κ3) is 3.02. The lowest BCUT2D eigenvalue weighted by atomic mass is 10.1. The molecule has 0 spiro atoms. The van der Waals surface area contributed by atoms with Crippen LogP contribution in [0.1, 0.15) is 22.8 Å². The van der Waals surface area contributed by atoms with Gasteiger partial charge in [0.25, 0.3) is 5.91 Å². The third-order valence-electron chi connectivity index (χ3n) is 3.10. The predicted molar refractivity (Wildman–Crippen MR) is 87.1 cm³/mol. The van der Waals surface area contributed by atoms with Gasteiger partial charge in [-0.25, -0.2) is 0 Å². The first-order valence-corrected chi connectivity index (χ1v) is 7.25. The summed E-state index contributed by atoms with van der Waals surface area (Å²) in [6.07, 6.45) is 0. The van der Waals surface area contributed by atoms with Gasteiger partial charge in [0, 0.05) is 22.4 Å². The fourth-order valence-electron chi connectivity index (χ4n) is 2.09. The van der Waals surface area contributed by atoms with E-state index < -0.39 is 0 Å². The van der Waals surface area contributed by atoms with Gasteiger partial charge in [0.2, 0.25) is 0 Å². The summed E-state index contributed by atoms with van der Waals surface area (Å²) in [5, 5.41) is 0. The number of anilines is 2. The highest BCUT2D eigenvalue weighted by molar-refractivity contribution is 9.10. The Morgan fingerprint density at radius 2 is 2.00 bits per heavy atom. The van der Waals surface area contributed by atoms with Crippen molar-refractivity contribution in [2.24, 2.45) is 0 Å². The molecule has 0 bridgehead atoms. The van der Waals surface area contributed by atoms with Crippen molar-refractivity contribution in [1.29, 1.82) is 0 Å². The summed E-state index contributed by atoms with van der Waals surface area (Å²) < 4.78 is 0.753. The zero-order valence-electron chi connectivity index (χ0n) is 11.6. The number of carbonyl (C=O) groups excluding carboxylic acids is 1. The molecule has 2 aromatic carbocycles. The Balaban J connectivity index is 2.41. The summed E-state index contributed by atoms with van der Waals surface area (Å²) >= 11 is 3.41. The van der Waals surface area contributed by atoms with Gasteiger partial charge in [-0.2, -0.15) is 0 Å². The van der Waals surface area contributed by atoms with Crippen LogP contribution in [-0.2, 0) is 0 Å². The van der Waals surface area contributed by atoms with Crippen LogP contribution in [0.2, 0.25) is 0 Å². The molecule has 2 aromatic rings. The van der Waals surface area contributed by atoms with Crippen molar-refractivity contribution < 1.29 is 4.79 Å². The summed E-state index contributed by atoms with van der Waals surface area (Å²) in [6, 6.07) is 13.2. The smallest absolute Gasteiger partial charge is 0.259 e. The number of nitrogen functional groups attached to an aromatic ring is 1. The van der Waals surface area contributed by atoms with Crippen LogP contribution >= 0.6 is 15.9 Å². The fourth-order valence-corrected chi connectivity index (χ4v) is 2.51. The SMILES string of the molecule is CCN(C(=O)c1cc(N)ccc1Br)c1cccc(C)c1. The van der Waals surface area contributed by atoms with E-state index in [-0.39, 0.29) is 5.91 Å². The molecule has 2 N–H and O–H groups in total. The molecule has 0 aromatic heterocycles. The van der Waals surface area contributed by atoms with Crippen molar-refractivity contribution >= 4 is 33.2 Å². The number of carbonyl (C=O) groups is 1. The highest BCUT2D eigenvalue weighted by Crippen LogP contribution is 2.24. The number of benzene rings is 2. The van der Waals surface area contributed by atoms with Gasteiger partial charge < -0.3 is 10.6 Å². The van der Waals surface area contributed by atoms with Crippen LogP contribution in [0.3, 0.4) is 0 Å². The monoisotopic (exact) mass is 332 g/mol. The minimum absolute atomic E-state index is 0.0581. The lowest BCUT2D eigenvalue weighted by Gasteiger charge is -2.22. The number of rotatable bonds is 3. The molecule has 0 unspecified atom stereocenters. The fraction of sp³-hybridized carbons (Fsp3) is 0.188. The number of hydrogen-bond donors (Lipinski definition) is 1. The minimum Gasteiger partial charge on any atom is -0.399 e. The van der Waals surface area contributed by atoms with E-state index in [9.17, 15) is 4.79 Å². The zero-order valence-corrected chi connectivity index (χ0v) is 13.1. The van der Waals surface area contributed by atoms with Crippen molar-refractivity contribution in [1.82, 2.24) is 0 Å². The molecule has 0 aliphatic rings. The molecule has 0 atom stereocenters. The average molecular weight is 333 g/mol. The van der Waals surface area contributed by atoms with E-state index in [1.54, 1.807) is 23.1 Å². The van der Waals surface area contributed by atoms with Gasteiger partial charge in [-0.15, -0.1) is 0 Å². The summed E-state index contributed by atoms with van der Waals surface area (Å²) in [5.74, 6) is -0.0581. The molecular weight excluding hydrogens is 316 g/mol. The Morgan fingerprint density at radius 3 is 2.65 bits per heavy atom. The number of hydrogen-bond acceptors (Lipinski definition) is 2. The van der Waals surface area contributed by atoms with Gasteiger partial charge in [-0.1, -0.05) is 12.1 Å². The van der Waals surface area contributed by atoms with Crippen LogP contribution in [0.25, 0.3) is 0 Å².